The van der Waals surface area contributed by atoms with Gasteiger partial charge in [0.15, 0.2) is 0 Å². The van der Waals surface area contributed by atoms with Crippen LogP contribution in [0.4, 0.5) is 4.39 Å². The van der Waals surface area contributed by atoms with Gasteiger partial charge in [-0.05, 0) is 60.1 Å². The van der Waals surface area contributed by atoms with Crippen LogP contribution in [-0.2, 0) is 69.8 Å². The zero-order valence-corrected chi connectivity index (χ0v) is 35.1. The Kier molecular flexibility index (Phi) is 13.3. The summed E-state index contributed by atoms with van der Waals surface area (Å²) in [6.45, 7) is 2.94. The molecule has 6 amide bonds. The molecule has 63 heavy (non-hydrogen) atoms. The number of hydrogen-bond acceptors (Lipinski definition) is 11. The third-order valence-electron chi connectivity index (χ3n) is 11.7. The molecule has 2 aromatic heterocycles. The molecule has 332 valence electrons. The fraction of sp³-hybridized carbons (Fsp3) is 0.409. The highest BCUT2D eigenvalue weighted by Gasteiger charge is 2.40. The Bertz CT molecular complexity index is 2570. The second-order valence-electron chi connectivity index (χ2n) is 15.9. The van der Waals surface area contributed by atoms with Gasteiger partial charge in [-0.3, -0.25) is 33.6 Å². The van der Waals surface area contributed by atoms with Crippen LogP contribution in [0.2, 0.25) is 0 Å². The minimum Gasteiger partial charge on any atom is -0.383 e. The first-order valence-corrected chi connectivity index (χ1v) is 20.7. The van der Waals surface area contributed by atoms with Crippen molar-refractivity contribution in [3.63, 3.8) is 0 Å². The van der Waals surface area contributed by atoms with Crippen molar-refractivity contribution in [3.8, 4) is 11.4 Å². The standard InChI is InChI=1S/C44H49FN8O10/c1-4-44(61)21-62-19-28-29(44)13-34-41-27(18-53(34)43(28)60)40-31(11-10-26-23(2)30(45)14-32(52-41)39(26)40)50-38(58)20-63-22-49-36(56)16-48-42(59)33(12-25-8-6-5-7-9-25)51-37(57)17-47-35(55)15-46-24(3)54/h5-9,13-14,31,33,61H,4,10-12,15-22H2,1-3H3,(H,46,54)(H,47,55)(H,48,59)(H,49,56)(H,50,58)(H,51,57)/t31-,33-,44+/m0/s1. The van der Waals surface area contributed by atoms with Gasteiger partial charge in [0.05, 0.1) is 62.3 Å². The summed E-state index contributed by atoms with van der Waals surface area (Å²) in [6, 6.07) is 10.3. The van der Waals surface area contributed by atoms with Crippen molar-refractivity contribution in [1.29, 1.82) is 0 Å². The van der Waals surface area contributed by atoms with Crippen LogP contribution in [0, 0.1) is 12.7 Å². The van der Waals surface area contributed by atoms with Crippen molar-refractivity contribution in [1.82, 2.24) is 41.5 Å². The predicted octanol–water partition coefficient (Wildman–Crippen LogP) is 0.290. The summed E-state index contributed by atoms with van der Waals surface area (Å²) in [5.74, 6) is -3.90. The molecule has 0 unspecified atom stereocenters. The van der Waals surface area contributed by atoms with E-state index in [0.717, 1.165) is 22.1 Å². The number of rotatable bonds is 16. The zero-order valence-electron chi connectivity index (χ0n) is 35.1. The first kappa shape index (κ1) is 44.5. The van der Waals surface area contributed by atoms with Crippen molar-refractivity contribution >= 4 is 46.3 Å². The smallest absolute Gasteiger partial charge is 0.257 e. The van der Waals surface area contributed by atoms with Crippen LogP contribution in [0.25, 0.3) is 22.3 Å². The number of aromatic nitrogens is 2. The average molecular weight is 869 g/mol. The summed E-state index contributed by atoms with van der Waals surface area (Å²) < 4.78 is 28.0. The Balaban J connectivity index is 0.967. The molecule has 4 aromatic rings. The average Bonchev–Trinajstić information content (AvgIpc) is 3.64. The molecule has 7 rings (SSSR count). The molecule has 2 aromatic carbocycles. The van der Waals surface area contributed by atoms with Gasteiger partial charge in [0, 0.05) is 35.9 Å². The third kappa shape index (κ3) is 9.59. The van der Waals surface area contributed by atoms with Crippen molar-refractivity contribution in [2.45, 2.75) is 77.3 Å². The van der Waals surface area contributed by atoms with E-state index < -0.39 is 78.6 Å². The van der Waals surface area contributed by atoms with Crippen molar-refractivity contribution in [3.05, 3.63) is 97.6 Å². The van der Waals surface area contributed by atoms with E-state index in [0.29, 0.717) is 58.4 Å². The molecule has 19 heteroatoms. The molecule has 0 radical (unpaired) electrons. The van der Waals surface area contributed by atoms with E-state index in [2.05, 4.69) is 31.9 Å². The number of hydrogen-bond donors (Lipinski definition) is 7. The Morgan fingerprint density at radius 1 is 0.968 bits per heavy atom. The molecule has 0 saturated carbocycles. The number of aryl methyl sites for hydroxylation is 1. The SMILES string of the molecule is CC[C@@]1(O)COCc2c1cc1n(c2=O)Cc2c-1nc1cc(F)c(C)c3c1c2[C@@H](NC(=O)COCNC(=O)CNC(=O)[C@H](Cc1ccccc1)NC(=O)CNC(=O)CNC(C)=O)CC3. The number of nitrogens with zero attached hydrogens (tertiary/aromatic N) is 2. The number of amides is 6. The maximum Gasteiger partial charge on any atom is 0.257 e. The number of aliphatic hydroxyl groups is 1. The van der Waals surface area contributed by atoms with E-state index in [4.69, 9.17) is 14.5 Å². The van der Waals surface area contributed by atoms with Crippen LogP contribution in [-0.4, -0.2) is 95.7 Å². The summed E-state index contributed by atoms with van der Waals surface area (Å²) in [4.78, 5) is 93.6. The van der Waals surface area contributed by atoms with Gasteiger partial charge in [0.1, 0.15) is 30.8 Å². The predicted molar refractivity (Wildman–Crippen MR) is 224 cm³/mol. The lowest BCUT2D eigenvalue weighted by Gasteiger charge is -2.33. The third-order valence-corrected chi connectivity index (χ3v) is 11.7. The summed E-state index contributed by atoms with van der Waals surface area (Å²) in [5, 5.41) is 27.3. The van der Waals surface area contributed by atoms with Crippen LogP contribution in [0.15, 0.2) is 47.3 Å². The van der Waals surface area contributed by atoms with Gasteiger partial charge < -0.3 is 51.0 Å². The highest BCUT2D eigenvalue weighted by Crippen LogP contribution is 2.45. The lowest BCUT2D eigenvalue weighted by atomic mass is 9.81. The van der Waals surface area contributed by atoms with Crippen molar-refractivity contribution in [2.75, 3.05) is 39.6 Å². The first-order chi connectivity index (χ1) is 30.2. The number of carbonyl (C=O) groups is 6. The Morgan fingerprint density at radius 3 is 2.44 bits per heavy atom. The summed E-state index contributed by atoms with van der Waals surface area (Å²) in [7, 11) is 0. The minimum atomic E-state index is -1.36. The van der Waals surface area contributed by atoms with Gasteiger partial charge in [0.25, 0.3) is 5.56 Å². The van der Waals surface area contributed by atoms with Crippen LogP contribution in [0.5, 0.6) is 0 Å². The molecule has 3 atom stereocenters. The molecule has 3 aliphatic rings. The van der Waals surface area contributed by atoms with E-state index in [9.17, 15) is 38.7 Å². The van der Waals surface area contributed by atoms with Gasteiger partial charge in [-0.25, -0.2) is 9.37 Å². The van der Waals surface area contributed by atoms with E-state index in [-0.39, 0.29) is 45.0 Å². The number of fused-ring (bicyclic) bond motifs is 5. The van der Waals surface area contributed by atoms with Crippen LogP contribution < -0.4 is 37.5 Å². The van der Waals surface area contributed by atoms with Gasteiger partial charge in [-0.15, -0.1) is 0 Å². The number of pyridine rings is 2. The maximum absolute atomic E-state index is 15.3. The molecule has 7 N–H and O–H groups in total. The quantitative estimate of drug-likeness (QED) is 0.0525. The van der Waals surface area contributed by atoms with E-state index in [1.165, 1.54) is 13.0 Å². The number of benzene rings is 2. The molecule has 0 fully saturated rings. The molecule has 4 heterocycles. The second kappa shape index (κ2) is 18.8. The highest BCUT2D eigenvalue weighted by atomic mass is 19.1. The lowest BCUT2D eigenvalue weighted by molar-refractivity contribution is -0.131. The molecule has 18 nitrogen and oxygen atoms in total. The summed E-state index contributed by atoms with van der Waals surface area (Å²) in [6.07, 6.45) is 1.29. The monoisotopic (exact) mass is 868 g/mol. The summed E-state index contributed by atoms with van der Waals surface area (Å²) >= 11 is 0. The lowest BCUT2D eigenvalue weighted by Crippen LogP contribution is -2.52. The minimum absolute atomic E-state index is 0.0401. The number of ether oxygens (including phenoxy) is 2. The number of carbonyl (C=O) groups excluding carboxylic acids is 6. The van der Waals surface area contributed by atoms with E-state index >= 15 is 4.39 Å². The largest absolute Gasteiger partial charge is 0.383 e. The molecule has 0 saturated heterocycles. The van der Waals surface area contributed by atoms with E-state index in [1.54, 1.807) is 47.9 Å². The first-order valence-electron chi connectivity index (χ1n) is 20.7. The molecule has 1 aliphatic carbocycles. The fourth-order valence-electron chi connectivity index (χ4n) is 8.35. The number of halogens is 1. The maximum atomic E-state index is 15.3. The van der Waals surface area contributed by atoms with Gasteiger partial charge in [-0.1, -0.05) is 37.3 Å². The topological polar surface area (TPSA) is 248 Å². The van der Waals surface area contributed by atoms with Gasteiger partial charge in [0.2, 0.25) is 35.4 Å². The van der Waals surface area contributed by atoms with Crippen molar-refractivity contribution in [2.24, 2.45) is 0 Å². The zero-order chi connectivity index (χ0) is 45.0. The Labute approximate surface area is 360 Å². The molecular formula is C44H49FN8O10. The van der Waals surface area contributed by atoms with Crippen LogP contribution in [0.3, 0.4) is 0 Å². The van der Waals surface area contributed by atoms with E-state index in [1.807, 2.05) is 6.92 Å². The second-order valence-corrected chi connectivity index (χ2v) is 15.9. The fourth-order valence-corrected chi connectivity index (χ4v) is 8.35. The Morgan fingerprint density at radius 2 is 1.70 bits per heavy atom. The molecule has 0 bridgehead atoms. The van der Waals surface area contributed by atoms with Gasteiger partial charge in [-0.2, -0.15) is 0 Å². The Hall–Kier alpha value is -6.57. The number of nitrogens with one attached hydrogen (secondary N) is 6. The highest BCUT2D eigenvalue weighted by molar-refractivity contribution is 5.94. The van der Waals surface area contributed by atoms with Crippen LogP contribution in [0.1, 0.15) is 71.7 Å². The summed E-state index contributed by atoms with van der Waals surface area (Å²) in [5.41, 5.74) is 3.97. The van der Waals surface area contributed by atoms with Crippen LogP contribution >= 0.6 is 0 Å². The normalized spacial score (nSPS) is 17.4. The molecular weight excluding hydrogens is 820 g/mol. The molecule has 0 spiro atoms. The van der Waals surface area contributed by atoms with Gasteiger partial charge >= 0.3 is 0 Å². The molecule has 2 aliphatic heterocycles. The van der Waals surface area contributed by atoms with Crippen molar-refractivity contribution < 1.29 is 47.7 Å².